The Morgan fingerprint density at radius 2 is 2.14 bits per heavy atom. The van der Waals surface area contributed by atoms with E-state index < -0.39 is 0 Å². The minimum Gasteiger partial charge on any atom is -0.469 e. The maximum atomic E-state index is 5.35. The fraction of sp³-hybridized carbons (Fsp3) is 0.471. The highest BCUT2D eigenvalue weighted by atomic mass is 16.3. The molecular formula is C17H25N3O. The fourth-order valence-corrected chi connectivity index (χ4v) is 2.44. The van der Waals surface area contributed by atoms with Gasteiger partial charge in [-0.3, -0.25) is 0 Å². The highest BCUT2D eigenvalue weighted by molar-refractivity contribution is 5.47. The number of hydrogen-bond donors (Lipinski definition) is 1. The summed E-state index contributed by atoms with van der Waals surface area (Å²) in [4.78, 5) is 6.79. The Bertz CT molecular complexity index is 577. The van der Waals surface area contributed by atoms with Crippen LogP contribution < -0.4 is 10.2 Å². The molecule has 0 unspecified atom stereocenters. The van der Waals surface area contributed by atoms with E-state index in [1.807, 2.05) is 19.2 Å². The van der Waals surface area contributed by atoms with E-state index in [4.69, 9.17) is 4.42 Å². The molecule has 4 nitrogen and oxygen atoms in total. The van der Waals surface area contributed by atoms with Crippen LogP contribution >= 0.6 is 0 Å². The van der Waals surface area contributed by atoms with Crippen LogP contribution in [-0.4, -0.2) is 18.6 Å². The molecule has 2 aromatic rings. The van der Waals surface area contributed by atoms with Crippen molar-refractivity contribution in [3.63, 3.8) is 0 Å². The van der Waals surface area contributed by atoms with Gasteiger partial charge in [-0.2, -0.15) is 0 Å². The number of rotatable bonds is 7. The summed E-state index contributed by atoms with van der Waals surface area (Å²) < 4.78 is 5.35. The molecule has 2 rings (SSSR count). The second-order valence-corrected chi connectivity index (χ2v) is 5.52. The van der Waals surface area contributed by atoms with Gasteiger partial charge in [-0.1, -0.05) is 6.92 Å². The van der Waals surface area contributed by atoms with Crippen molar-refractivity contribution < 1.29 is 4.42 Å². The van der Waals surface area contributed by atoms with Gasteiger partial charge in [0.15, 0.2) is 0 Å². The van der Waals surface area contributed by atoms with Crippen LogP contribution in [0, 0.1) is 13.8 Å². The van der Waals surface area contributed by atoms with E-state index in [1.54, 1.807) is 6.26 Å². The summed E-state index contributed by atoms with van der Waals surface area (Å²) in [7, 11) is 2.07. The van der Waals surface area contributed by atoms with Crippen LogP contribution in [0.15, 0.2) is 29.0 Å². The Morgan fingerprint density at radius 3 is 2.76 bits per heavy atom. The maximum absolute atomic E-state index is 5.35. The summed E-state index contributed by atoms with van der Waals surface area (Å²) in [6.07, 6.45) is 4.85. The number of furan rings is 1. The summed E-state index contributed by atoms with van der Waals surface area (Å²) in [5, 5.41) is 3.41. The first-order valence-corrected chi connectivity index (χ1v) is 7.52. The van der Waals surface area contributed by atoms with Gasteiger partial charge in [0.2, 0.25) is 0 Å². The highest BCUT2D eigenvalue weighted by Crippen LogP contribution is 2.20. The van der Waals surface area contributed by atoms with Gasteiger partial charge >= 0.3 is 0 Å². The molecule has 0 radical (unpaired) electrons. The van der Waals surface area contributed by atoms with E-state index in [-0.39, 0.29) is 0 Å². The van der Waals surface area contributed by atoms with E-state index in [9.17, 15) is 0 Å². The van der Waals surface area contributed by atoms with Gasteiger partial charge in [0.05, 0.1) is 6.26 Å². The molecule has 0 spiro atoms. The van der Waals surface area contributed by atoms with Crippen LogP contribution in [-0.2, 0) is 13.1 Å². The first-order chi connectivity index (χ1) is 10.1. The van der Waals surface area contributed by atoms with Crippen LogP contribution in [0.4, 0.5) is 5.82 Å². The zero-order chi connectivity index (χ0) is 15.2. The van der Waals surface area contributed by atoms with Crippen LogP contribution in [0.1, 0.15) is 35.8 Å². The topological polar surface area (TPSA) is 41.3 Å². The first-order valence-electron chi connectivity index (χ1n) is 7.52. The molecule has 0 amide bonds. The van der Waals surface area contributed by atoms with Crippen molar-refractivity contribution in [3.05, 3.63) is 47.0 Å². The van der Waals surface area contributed by atoms with Crippen molar-refractivity contribution in [2.45, 2.75) is 40.3 Å². The Balaban J connectivity index is 2.04. The lowest BCUT2D eigenvalue weighted by atomic mass is 10.2. The Labute approximate surface area is 127 Å². The predicted molar refractivity (Wildman–Crippen MR) is 86.5 cm³/mol. The van der Waals surface area contributed by atoms with E-state index in [2.05, 4.69) is 42.2 Å². The number of pyridine rings is 1. The molecule has 0 aromatic carbocycles. The molecule has 0 aliphatic carbocycles. The third-order valence-corrected chi connectivity index (χ3v) is 3.60. The third kappa shape index (κ3) is 4.08. The monoisotopic (exact) mass is 287 g/mol. The fourth-order valence-electron chi connectivity index (χ4n) is 2.44. The van der Waals surface area contributed by atoms with E-state index in [0.29, 0.717) is 0 Å². The van der Waals surface area contributed by atoms with Gasteiger partial charge in [0.25, 0.3) is 0 Å². The second kappa shape index (κ2) is 7.27. The molecule has 2 aromatic heterocycles. The van der Waals surface area contributed by atoms with E-state index in [0.717, 1.165) is 37.6 Å². The van der Waals surface area contributed by atoms with Crippen molar-refractivity contribution in [2.24, 2.45) is 0 Å². The smallest absolute Gasteiger partial charge is 0.131 e. The molecule has 2 heterocycles. The Kier molecular flexibility index (Phi) is 5.39. The molecule has 4 heteroatoms. The number of aryl methyl sites for hydroxylation is 2. The number of aromatic nitrogens is 1. The highest BCUT2D eigenvalue weighted by Gasteiger charge is 2.10. The van der Waals surface area contributed by atoms with Gasteiger partial charge in [-0.15, -0.1) is 0 Å². The number of hydrogen-bond acceptors (Lipinski definition) is 4. The van der Waals surface area contributed by atoms with Crippen LogP contribution in [0.25, 0.3) is 0 Å². The molecule has 21 heavy (non-hydrogen) atoms. The molecule has 0 aliphatic heterocycles. The minimum absolute atomic E-state index is 0.809. The minimum atomic E-state index is 0.809. The molecule has 0 saturated heterocycles. The van der Waals surface area contributed by atoms with Gasteiger partial charge < -0.3 is 14.6 Å². The molecular weight excluding hydrogens is 262 g/mol. The van der Waals surface area contributed by atoms with Crippen molar-refractivity contribution in [1.82, 2.24) is 10.3 Å². The predicted octanol–water partition coefficient (Wildman–Crippen LogP) is 3.43. The SMILES string of the molecule is CCCNCc1cnc(N(C)Cc2ccoc2C)c(C)c1. The van der Waals surface area contributed by atoms with Crippen molar-refractivity contribution in [3.8, 4) is 0 Å². The molecule has 0 saturated carbocycles. The molecule has 1 N–H and O–H groups in total. The van der Waals surface area contributed by atoms with Gasteiger partial charge in [0, 0.05) is 31.9 Å². The summed E-state index contributed by atoms with van der Waals surface area (Å²) >= 11 is 0. The van der Waals surface area contributed by atoms with E-state index in [1.165, 1.54) is 16.7 Å². The third-order valence-electron chi connectivity index (χ3n) is 3.60. The van der Waals surface area contributed by atoms with Crippen LogP contribution in [0.2, 0.25) is 0 Å². The van der Waals surface area contributed by atoms with Crippen LogP contribution in [0.3, 0.4) is 0 Å². The Morgan fingerprint density at radius 1 is 1.33 bits per heavy atom. The summed E-state index contributed by atoms with van der Waals surface area (Å²) in [6, 6.07) is 4.23. The average molecular weight is 287 g/mol. The number of nitrogens with zero attached hydrogens (tertiary/aromatic N) is 2. The van der Waals surface area contributed by atoms with E-state index >= 15 is 0 Å². The van der Waals surface area contributed by atoms with Crippen molar-refractivity contribution in [1.29, 1.82) is 0 Å². The van der Waals surface area contributed by atoms with Crippen LogP contribution in [0.5, 0.6) is 0 Å². The lowest BCUT2D eigenvalue weighted by Crippen LogP contribution is -2.20. The summed E-state index contributed by atoms with van der Waals surface area (Å²) in [5.41, 5.74) is 3.64. The molecule has 114 valence electrons. The van der Waals surface area contributed by atoms with Gasteiger partial charge in [0.1, 0.15) is 11.6 Å². The zero-order valence-corrected chi connectivity index (χ0v) is 13.4. The standard InChI is InChI=1S/C17H25N3O/c1-5-7-18-10-15-9-13(2)17(19-11-15)20(4)12-16-6-8-21-14(16)3/h6,8-9,11,18H,5,7,10,12H2,1-4H3. The van der Waals surface area contributed by atoms with Gasteiger partial charge in [-0.25, -0.2) is 4.98 Å². The summed E-state index contributed by atoms with van der Waals surface area (Å²) in [6.45, 7) is 9.01. The molecule has 0 bridgehead atoms. The number of nitrogens with one attached hydrogen (secondary N) is 1. The quantitative estimate of drug-likeness (QED) is 0.792. The summed E-state index contributed by atoms with van der Waals surface area (Å²) in [5.74, 6) is 2.00. The molecule has 0 atom stereocenters. The number of anilines is 1. The maximum Gasteiger partial charge on any atom is 0.131 e. The first kappa shape index (κ1) is 15.6. The zero-order valence-electron chi connectivity index (χ0n) is 13.4. The second-order valence-electron chi connectivity index (χ2n) is 5.52. The Hall–Kier alpha value is -1.81. The lowest BCUT2D eigenvalue weighted by Gasteiger charge is -2.20. The lowest BCUT2D eigenvalue weighted by molar-refractivity contribution is 0.529. The van der Waals surface area contributed by atoms with Gasteiger partial charge in [-0.05, 0) is 50.1 Å². The normalized spacial score (nSPS) is 10.9. The molecule has 0 aliphatic rings. The van der Waals surface area contributed by atoms with Crippen molar-refractivity contribution >= 4 is 5.82 Å². The largest absolute Gasteiger partial charge is 0.469 e. The average Bonchev–Trinajstić information content (AvgIpc) is 2.84. The molecule has 0 fully saturated rings. The van der Waals surface area contributed by atoms with Crippen molar-refractivity contribution in [2.75, 3.05) is 18.5 Å².